The number of nitriles is 1. The summed E-state index contributed by atoms with van der Waals surface area (Å²) in [6, 6.07) is 10.4. The normalized spacial score (nSPS) is 13.9. The van der Waals surface area contributed by atoms with Crippen molar-refractivity contribution in [2.75, 3.05) is 0 Å². The van der Waals surface area contributed by atoms with Gasteiger partial charge in [-0.05, 0) is 32.8 Å². The van der Waals surface area contributed by atoms with E-state index in [1.807, 2.05) is 30.3 Å². The van der Waals surface area contributed by atoms with Crippen molar-refractivity contribution in [1.82, 2.24) is 5.32 Å². The lowest BCUT2D eigenvalue weighted by Crippen LogP contribution is -2.46. The van der Waals surface area contributed by atoms with E-state index in [2.05, 4.69) is 5.32 Å². The first-order valence-corrected chi connectivity index (χ1v) is 6.43. The fourth-order valence-electron chi connectivity index (χ4n) is 1.66. The Morgan fingerprint density at radius 3 is 2.50 bits per heavy atom. The van der Waals surface area contributed by atoms with Crippen LogP contribution in [0.1, 0.15) is 26.3 Å². The van der Waals surface area contributed by atoms with Gasteiger partial charge >= 0.3 is 6.09 Å². The minimum Gasteiger partial charge on any atom is -0.444 e. The molecule has 0 spiro atoms. The largest absolute Gasteiger partial charge is 0.444 e. The standard InChI is InChI=1S/C15H20N2O3/c1-15(2,3)20-14(19)17-12(13(18)10-16)9-11-7-5-4-6-8-11/h4-8,12-13,18H,9H2,1-3H3,(H,17,19)/t12-,13-/m0/s1. The molecule has 0 heterocycles. The van der Waals surface area contributed by atoms with Crippen LogP contribution in [0.3, 0.4) is 0 Å². The molecule has 0 fully saturated rings. The van der Waals surface area contributed by atoms with Gasteiger partial charge in [-0.3, -0.25) is 0 Å². The van der Waals surface area contributed by atoms with Crippen molar-refractivity contribution < 1.29 is 14.6 Å². The number of benzene rings is 1. The zero-order valence-corrected chi connectivity index (χ0v) is 12.0. The first-order chi connectivity index (χ1) is 9.31. The Kier molecular flexibility index (Phi) is 5.53. The molecule has 2 N–H and O–H groups in total. The average Bonchev–Trinajstić information content (AvgIpc) is 2.36. The Labute approximate surface area is 119 Å². The summed E-state index contributed by atoms with van der Waals surface area (Å²) in [5.74, 6) is 0. The highest BCUT2D eigenvalue weighted by atomic mass is 16.6. The molecular formula is C15H20N2O3. The first kappa shape index (κ1) is 16.0. The molecule has 0 unspecified atom stereocenters. The number of amides is 1. The summed E-state index contributed by atoms with van der Waals surface area (Å²) in [7, 11) is 0. The summed E-state index contributed by atoms with van der Waals surface area (Å²) in [6.45, 7) is 5.25. The van der Waals surface area contributed by atoms with Crippen molar-refractivity contribution in [3.05, 3.63) is 35.9 Å². The molecule has 0 saturated heterocycles. The lowest BCUT2D eigenvalue weighted by molar-refractivity contribution is 0.0459. The number of nitrogens with zero attached hydrogens (tertiary/aromatic N) is 1. The molecule has 1 rings (SSSR count). The Balaban J connectivity index is 2.71. The van der Waals surface area contributed by atoms with E-state index < -0.39 is 23.8 Å². The van der Waals surface area contributed by atoms with Crippen LogP contribution in [0, 0.1) is 11.3 Å². The molecule has 0 aliphatic rings. The highest BCUT2D eigenvalue weighted by Gasteiger charge is 2.24. The molecule has 0 aromatic heterocycles. The van der Waals surface area contributed by atoms with Gasteiger partial charge in [-0.1, -0.05) is 30.3 Å². The minimum absolute atomic E-state index is 0.356. The molecule has 5 heteroatoms. The third-order valence-electron chi connectivity index (χ3n) is 2.51. The van der Waals surface area contributed by atoms with Crippen molar-refractivity contribution in [1.29, 1.82) is 5.26 Å². The quantitative estimate of drug-likeness (QED) is 0.824. The lowest BCUT2D eigenvalue weighted by Gasteiger charge is -2.24. The smallest absolute Gasteiger partial charge is 0.408 e. The van der Waals surface area contributed by atoms with Gasteiger partial charge in [-0.15, -0.1) is 0 Å². The summed E-state index contributed by atoms with van der Waals surface area (Å²) >= 11 is 0. The number of nitrogens with one attached hydrogen (secondary N) is 1. The van der Waals surface area contributed by atoms with Crippen LogP contribution in [0.25, 0.3) is 0 Å². The van der Waals surface area contributed by atoms with Gasteiger partial charge in [0.15, 0.2) is 6.10 Å². The molecule has 0 bridgehead atoms. The molecule has 1 amide bonds. The second kappa shape index (κ2) is 6.92. The summed E-state index contributed by atoms with van der Waals surface area (Å²) in [5.41, 5.74) is 0.293. The zero-order chi connectivity index (χ0) is 15.2. The summed E-state index contributed by atoms with van der Waals surface area (Å²) in [6.07, 6.45) is -1.58. The highest BCUT2D eigenvalue weighted by molar-refractivity contribution is 5.68. The number of carbonyl (C=O) groups excluding carboxylic acids is 1. The fourth-order valence-corrected chi connectivity index (χ4v) is 1.66. The van der Waals surface area contributed by atoms with Gasteiger partial charge in [0.05, 0.1) is 12.1 Å². The predicted octanol–water partition coefficient (Wildman–Crippen LogP) is 2.01. The van der Waals surface area contributed by atoms with Gasteiger partial charge in [-0.25, -0.2) is 4.79 Å². The fraction of sp³-hybridized carbons (Fsp3) is 0.467. The van der Waals surface area contributed by atoms with Gasteiger partial charge in [-0.2, -0.15) is 5.26 Å². The Bertz CT molecular complexity index is 474. The predicted molar refractivity (Wildman–Crippen MR) is 74.9 cm³/mol. The molecule has 1 aromatic rings. The number of aliphatic hydroxyl groups excluding tert-OH is 1. The highest BCUT2D eigenvalue weighted by Crippen LogP contribution is 2.10. The maximum atomic E-state index is 11.7. The molecule has 0 aliphatic carbocycles. The van der Waals surface area contributed by atoms with E-state index in [1.165, 1.54) is 0 Å². The van der Waals surface area contributed by atoms with Crippen LogP contribution in [0.2, 0.25) is 0 Å². The molecule has 5 nitrogen and oxygen atoms in total. The third kappa shape index (κ3) is 5.72. The molecule has 0 aliphatic heterocycles. The number of aliphatic hydroxyl groups is 1. The maximum absolute atomic E-state index is 11.7. The van der Waals surface area contributed by atoms with Crippen molar-refractivity contribution in [3.63, 3.8) is 0 Å². The summed E-state index contributed by atoms with van der Waals surface area (Å²) < 4.78 is 5.13. The first-order valence-electron chi connectivity index (χ1n) is 6.43. The van der Waals surface area contributed by atoms with E-state index in [0.29, 0.717) is 6.42 Å². The van der Waals surface area contributed by atoms with Gasteiger partial charge in [0.2, 0.25) is 0 Å². The SMILES string of the molecule is CC(C)(C)OC(=O)N[C@@H](Cc1ccccc1)[C@@H](O)C#N. The van der Waals surface area contributed by atoms with E-state index in [4.69, 9.17) is 10.00 Å². The van der Waals surface area contributed by atoms with E-state index in [0.717, 1.165) is 5.56 Å². The average molecular weight is 276 g/mol. The Morgan fingerprint density at radius 2 is 2.00 bits per heavy atom. The van der Waals surface area contributed by atoms with Crippen LogP contribution >= 0.6 is 0 Å². The molecular weight excluding hydrogens is 256 g/mol. The number of hydrogen-bond acceptors (Lipinski definition) is 4. The Hall–Kier alpha value is -2.06. The van der Waals surface area contributed by atoms with E-state index in [-0.39, 0.29) is 0 Å². The van der Waals surface area contributed by atoms with Crippen molar-refractivity contribution >= 4 is 6.09 Å². The van der Waals surface area contributed by atoms with Crippen LogP contribution in [0.15, 0.2) is 30.3 Å². The number of carbonyl (C=O) groups is 1. The number of hydrogen-bond donors (Lipinski definition) is 2. The molecule has 0 radical (unpaired) electrons. The number of alkyl carbamates (subject to hydrolysis) is 1. The van der Waals surface area contributed by atoms with Crippen molar-refractivity contribution in [2.24, 2.45) is 0 Å². The van der Waals surface area contributed by atoms with E-state index in [9.17, 15) is 9.90 Å². The van der Waals surface area contributed by atoms with Crippen molar-refractivity contribution in [2.45, 2.75) is 44.9 Å². The monoisotopic (exact) mass is 276 g/mol. The Morgan fingerprint density at radius 1 is 1.40 bits per heavy atom. The zero-order valence-electron chi connectivity index (χ0n) is 12.0. The molecule has 2 atom stereocenters. The minimum atomic E-state index is -1.29. The number of rotatable bonds is 4. The summed E-state index contributed by atoms with van der Waals surface area (Å²) in [4.78, 5) is 11.7. The lowest BCUT2D eigenvalue weighted by atomic mass is 10.0. The second-order valence-electron chi connectivity index (χ2n) is 5.52. The molecule has 1 aromatic carbocycles. The summed E-state index contributed by atoms with van der Waals surface area (Å²) in [5, 5.41) is 21.1. The van der Waals surface area contributed by atoms with Crippen LogP contribution in [-0.2, 0) is 11.2 Å². The van der Waals surface area contributed by atoms with Crippen LogP contribution < -0.4 is 5.32 Å². The van der Waals surface area contributed by atoms with Crippen LogP contribution in [-0.4, -0.2) is 28.9 Å². The molecule has 0 saturated carbocycles. The number of ether oxygens (including phenoxy) is 1. The topological polar surface area (TPSA) is 82.3 Å². The van der Waals surface area contributed by atoms with E-state index in [1.54, 1.807) is 26.8 Å². The van der Waals surface area contributed by atoms with Gasteiger partial charge in [0, 0.05) is 0 Å². The van der Waals surface area contributed by atoms with Gasteiger partial charge < -0.3 is 15.2 Å². The molecule has 20 heavy (non-hydrogen) atoms. The van der Waals surface area contributed by atoms with E-state index >= 15 is 0 Å². The van der Waals surface area contributed by atoms with Crippen LogP contribution in [0.5, 0.6) is 0 Å². The van der Waals surface area contributed by atoms with Crippen LogP contribution in [0.4, 0.5) is 4.79 Å². The molecule has 108 valence electrons. The van der Waals surface area contributed by atoms with Gasteiger partial charge in [0.1, 0.15) is 5.60 Å². The third-order valence-corrected chi connectivity index (χ3v) is 2.51. The van der Waals surface area contributed by atoms with Crippen molar-refractivity contribution in [3.8, 4) is 6.07 Å². The maximum Gasteiger partial charge on any atom is 0.408 e. The van der Waals surface area contributed by atoms with Gasteiger partial charge in [0.25, 0.3) is 0 Å². The second-order valence-corrected chi connectivity index (χ2v) is 5.52.